The highest BCUT2D eigenvalue weighted by atomic mass is 32.1. The molecule has 0 aliphatic rings. The van der Waals surface area contributed by atoms with Crippen molar-refractivity contribution < 1.29 is 0 Å². The summed E-state index contributed by atoms with van der Waals surface area (Å²) in [7, 11) is 0. The largest absolute Gasteiger partial charge is 0.361 e. The third-order valence-corrected chi connectivity index (χ3v) is 2.67. The maximum atomic E-state index is 5.26. The van der Waals surface area contributed by atoms with Crippen molar-refractivity contribution in [1.82, 2.24) is 20.3 Å². The minimum atomic E-state index is 0.613. The van der Waals surface area contributed by atoms with Gasteiger partial charge in [0.2, 0.25) is 0 Å². The molecule has 1 aromatic carbocycles. The predicted molar refractivity (Wildman–Crippen MR) is 68.4 cm³/mol. The van der Waals surface area contributed by atoms with E-state index in [-0.39, 0.29) is 0 Å². The van der Waals surface area contributed by atoms with E-state index in [0.717, 1.165) is 30.4 Å². The zero-order valence-corrected chi connectivity index (χ0v) is 10.00. The highest BCUT2D eigenvalue weighted by Crippen LogP contribution is 2.08. The minimum Gasteiger partial charge on any atom is -0.361 e. The van der Waals surface area contributed by atoms with Crippen LogP contribution < -0.4 is 5.32 Å². The van der Waals surface area contributed by atoms with Crippen LogP contribution in [-0.4, -0.2) is 26.7 Å². The molecule has 0 bridgehead atoms. The van der Waals surface area contributed by atoms with Crippen LogP contribution in [0.15, 0.2) is 24.3 Å². The van der Waals surface area contributed by atoms with Crippen LogP contribution in [0, 0.1) is 0 Å². The van der Waals surface area contributed by atoms with Gasteiger partial charge in [0.15, 0.2) is 5.11 Å². The number of rotatable bonds is 3. The van der Waals surface area contributed by atoms with Crippen molar-refractivity contribution in [3.63, 3.8) is 0 Å². The summed E-state index contributed by atoms with van der Waals surface area (Å²) in [5.74, 6) is 0. The van der Waals surface area contributed by atoms with E-state index in [2.05, 4.69) is 22.6 Å². The van der Waals surface area contributed by atoms with Gasteiger partial charge in [-0.1, -0.05) is 30.7 Å². The second-order valence-corrected chi connectivity index (χ2v) is 3.96. The van der Waals surface area contributed by atoms with Gasteiger partial charge in [0.05, 0.1) is 5.52 Å². The van der Waals surface area contributed by atoms with Gasteiger partial charge in [-0.15, -0.1) is 5.10 Å². The van der Waals surface area contributed by atoms with Crippen molar-refractivity contribution in [1.29, 1.82) is 0 Å². The molecule has 0 aliphatic carbocycles. The summed E-state index contributed by atoms with van der Waals surface area (Å²) < 4.78 is 1.67. The van der Waals surface area contributed by atoms with E-state index in [4.69, 9.17) is 12.2 Å². The van der Waals surface area contributed by atoms with Crippen molar-refractivity contribution in [3.05, 3.63) is 24.3 Å². The molecule has 2 rings (SSSR count). The molecule has 0 aliphatic heterocycles. The lowest BCUT2D eigenvalue weighted by Gasteiger charge is -2.06. The number of hydrogen-bond acceptors (Lipinski definition) is 3. The molecule has 2 aromatic rings. The Bertz CT molecular complexity index is 491. The summed E-state index contributed by atoms with van der Waals surface area (Å²) in [5, 5.41) is 11.9. The van der Waals surface area contributed by atoms with E-state index in [1.807, 2.05) is 24.3 Å². The first-order chi connectivity index (χ1) is 7.83. The monoisotopic (exact) mass is 234 g/mol. The van der Waals surface area contributed by atoms with Gasteiger partial charge in [-0.2, -0.15) is 4.68 Å². The van der Waals surface area contributed by atoms with E-state index < -0.39 is 0 Å². The van der Waals surface area contributed by atoms with E-state index in [9.17, 15) is 0 Å². The molecule has 0 amide bonds. The fourth-order valence-corrected chi connectivity index (χ4v) is 1.70. The molecule has 0 fully saturated rings. The van der Waals surface area contributed by atoms with Gasteiger partial charge in [0.25, 0.3) is 0 Å². The lowest BCUT2D eigenvalue weighted by Crippen LogP contribution is -2.29. The minimum absolute atomic E-state index is 0.613. The smallest absolute Gasteiger partial charge is 0.196 e. The molecular formula is C11H14N4S. The van der Waals surface area contributed by atoms with Gasteiger partial charge in [0, 0.05) is 6.54 Å². The van der Waals surface area contributed by atoms with Crippen LogP contribution in [0.5, 0.6) is 0 Å². The lowest BCUT2D eigenvalue weighted by atomic mass is 10.3. The number of para-hydroxylation sites is 1. The number of nitrogens with zero attached hydrogens (tertiary/aromatic N) is 3. The van der Waals surface area contributed by atoms with Gasteiger partial charge in [-0.3, -0.25) is 0 Å². The van der Waals surface area contributed by atoms with Crippen LogP contribution >= 0.6 is 12.2 Å². The standard InChI is InChI=1S/C11H14N4S/c1-2-3-8-12-11(16)15-10-7-5-4-6-9(10)13-14-15/h4-7H,2-3,8H2,1H3,(H,12,16). The summed E-state index contributed by atoms with van der Waals surface area (Å²) in [6.45, 7) is 3.03. The summed E-state index contributed by atoms with van der Waals surface area (Å²) in [6.07, 6.45) is 2.25. The zero-order chi connectivity index (χ0) is 11.4. The van der Waals surface area contributed by atoms with Crippen molar-refractivity contribution in [2.24, 2.45) is 0 Å². The SMILES string of the molecule is CCCCNC(=S)n1nnc2ccccc21. The summed E-state index contributed by atoms with van der Waals surface area (Å²) in [4.78, 5) is 0. The van der Waals surface area contributed by atoms with Crippen LogP contribution in [0.25, 0.3) is 11.0 Å². The second-order valence-electron chi connectivity index (χ2n) is 3.58. The normalized spacial score (nSPS) is 10.6. The van der Waals surface area contributed by atoms with E-state index >= 15 is 0 Å². The van der Waals surface area contributed by atoms with Gasteiger partial charge in [0.1, 0.15) is 5.52 Å². The van der Waals surface area contributed by atoms with Gasteiger partial charge < -0.3 is 5.32 Å². The highest BCUT2D eigenvalue weighted by molar-refractivity contribution is 7.80. The average Bonchev–Trinajstić information content (AvgIpc) is 2.73. The molecule has 0 saturated carbocycles. The Labute approximate surface area is 99.6 Å². The predicted octanol–water partition coefficient (Wildman–Crippen LogP) is 1.95. The number of nitrogens with one attached hydrogen (secondary N) is 1. The Hall–Kier alpha value is -1.49. The Morgan fingerprint density at radius 2 is 2.25 bits per heavy atom. The van der Waals surface area contributed by atoms with Gasteiger partial charge >= 0.3 is 0 Å². The number of aromatic nitrogens is 3. The first-order valence-corrected chi connectivity index (χ1v) is 5.82. The molecule has 1 N–H and O–H groups in total. The first kappa shape index (κ1) is 11.0. The molecule has 0 radical (unpaired) electrons. The number of unbranched alkanes of at least 4 members (excludes halogenated alkanes) is 1. The van der Waals surface area contributed by atoms with Gasteiger partial charge in [-0.05, 0) is 30.8 Å². The Morgan fingerprint density at radius 1 is 1.44 bits per heavy atom. The second kappa shape index (κ2) is 5.03. The quantitative estimate of drug-likeness (QED) is 0.651. The van der Waals surface area contributed by atoms with Crippen LogP contribution in [0.3, 0.4) is 0 Å². The summed E-state index contributed by atoms with van der Waals surface area (Å²) in [5.41, 5.74) is 1.80. The van der Waals surface area contributed by atoms with Crippen LogP contribution in [-0.2, 0) is 0 Å². The molecule has 1 heterocycles. The van der Waals surface area contributed by atoms with Gasteiger partial charge in [-0.25, -0.2) is 0 Å². The van der Waals surface area contributed by atoms with Crippen molar-refractivity contribution in [3.8, 4) is 0 Å². The molecule has 16 heavy (non-hydrogen) atoms. The number of benzene rings is 1. The lowest BCUT2D eigenvalue weighted by molar-refractivity contribution is 0.734. The summed E-state index contributed by atoms with van der Waals surface area (Å²) >= 11 is 5.26. The molecule has 4 nitrogen and oxygen atoms in total. The molecule has 0 atom stereocenters. The third kappa shape index (κ3) is 2.19. The van der Waals surface area contributed by atoms with Crippen LogP contribution in [0.4, 0.5) is 0 Å². The molecule has 5 heteroatoms. The topological polar surface area (TPSA) is 42.7 Å². The average molecular weight is 234 g/mol. The Morgan fingerprint density at radius 3 is 3.06 bits per heavy atom. The molecule has 0 saturated heterocycles. The number of hydrogen-bond donors (Lipinski definition) is 1. The maximum Gasteiger partial charge on any atom is 0.196 e. The third-order valence-electron chi connectivity index (χ3n) is 2.35. The molecule has 1 aromatic heterocycles. The van der Waals surface area contributed by atoms with E-state index in [0.29, 0.717) is 5.11 Å². The van der Waals surface area contributed by atoms with E-state index in [1.165, 1.54) is 0 Å². The van der Waals surface area contributed by atoms with E-state index in [1.54, 1.807) is 4.68 Å². The molecule has 0 unspecified atom stereocenters. The molecule has 84 valence electrons. The number of fused-ring (bicyclic) bond motifs is 1. The first-order valence-electron chi connectivity index (χ1n) is 5.41. The molecule has 0 spiro atoms. The fraction of sp³-hybridized carbons (Fsp3) is 0.364. The Kier molecular flexibility index (Phi) is 3.46. The van der Waals surface area contributed by atoms with Crippen LogP contribution in [0.2, 0.25) is 0 Å². The maximum absolute atomic E-state index is 5.26. The van der Waals surface area contributed by atoms with Crippen molar-refractivity contribution in [2.75, 3.05) is 6.54 Å². The Balaban J connectivity index is 2.17. The fourth-order valence-electron chi connectivity index (χ4n) is 1.47. The molecular weight excluding hydrogens is 220 g/mol. The zero-order valence-electron chi connectivity index (χ0n) is 9.18. The van der Waals surface area contributed by atoms with Crippen LogP contribution in [0.1, 0.15) is 19.8 Å². The van der Waals surface area contributed by atoms with Crippen molar-refractivity contribution >= 4 is 28.4 Å². The highest BCUT2D eigenvalue weighted by Gasteiger charge is 2.06. The van der Waals surface area contributed by atoms with Crippen molar-refractivity contribution in [2.45, 2.75) is 19.8 Å². The summed E-state index contributed by atoms with van der Waals surface area (Å²) in [6, 6.07) is 7.78. The number of thiocarbonyl (C=S) groups is 1.